The molecule has 0 spiro atoms. The molecule has 1 aliphatic heterocycles. The molecule has 1 heterocycles. The fourth-order valence-corrected chi connectivity index (χ4v) is 2.33. The Balaban J connectivity index is 2.50. The minimum Gasteiger partial charge on any atom is -0.481 e. The maximum atomic E-state index is 10.8. The monoisotopic (exact) mass is 243 g/mol. The lowest BCUT2D eigenvalue weighted by Gasteiger charge is -2.43. The third-order valence-electron chi connectivity index (χ3n) is 3.49. The number of rotatable bonds is 5. The molecule has 0 aromatic carbocycles. The summed E-state index contributed by atoms with van der Waals surface area (Å²) in [6.45, 7) is 6.05. The quantitative estimate of drug-likeness (QED) is 0.738. The molecule has 0 amide bonds. The molecule has 2 atom stereocenters. The van der Waals surface area contributed by atoms with Gasteiger partial charge >= 0.3 is 5.97 Å². The zero-order valence-corrected chi connectivity index (χ0v) is 11.4. The molecule has 1 rings (SSSR count). The molecular weight excluding hydrogens is 218 g/mol. The lowest BCUT2D eigenvalue weighted by molar-refractivity contribution is -0.139. The number of hydrogen-bond donors (Lipinski definition) is 1. The summed E-state index contributed by atoms with van der Waals surface area (Å²) in [5, 5.41) is 8.90. The number of carboxylic acids is 1. The van der Waals surface area contributed by atoms with Crippen LogP contribution in [0.3, 0.4) is 0 Å². The van der Waals surface area contributed by atoms with E-state index in [4.69, 9.17) is 5.11 Å². The van der Waals surface area contributed by atoms with Crippen LogP contribution < -0.4 is 0 Å². The minimum atomic E-state index is -0.705. The average Bonchev–Trinajstić information content (AvgIpc) is 2.19. The van der Waals surface area contributed by atoms with Gasteiger partial charge in [0, 0.05) is 38.3 Å². The number of nitrogens with zero attached hydrogens (tertiary/aromatic N) is 3. The van der Waals surface area contributed by atoms with E-state index in [2.05, 4.69) is 35.7 Å². The minimum absolute atomic E-state index is 0.144. The highest BCUT2D eigenvalue weighted by molar-refractivity contribution is 5.67. The first-order valence-corrected chi connectivity index (χ1v) is 6.21. The number of carboxylic acid groups (broad SMARTS) is 1. The average molecular weight is 243 g/mol. The zero-order valence-electron chi connectivity index (χ0n) is 11.4. The summed E-state index contributed by atoms with van der Waals surface area (Å²) >= 11 is 0. The maximum absolute atomic E-state index is 10.8. The van der Waals surface area contributed by atoms with Crippen LogP contribution in [0.1, 0.15) is 13.3 Å². The topological polar surface area (TPSA) is 47.0 Å². The molecule has 0 aromatic heterocycles. The standard InChI is InChI=1S/C12H25N3O2/c1-10-8-14(4)11(7-12(16)17)9-15(10)6-5-13(2)3/h10-11H,5-9H2,1-4H3,(H,16,17). The molecule has 2 unspecified atom stereocenters. The molecule has 17 heavy (non-hydrogen) atoms. The first-order chi connectivity index (χ1) is 7.90. The van der Waals surface area contributed by atoms with Gasteiger partial charge in [-0.05, 0) is 28.1 Å². The van der Waals surface area contributed by atoms with Crippen molar-refractivity contribution >= 4 is 5.97 Å². The van der Waals surface area contributed by atoms with Crippen LogP contribution in [-0.2, 0) is 4.79 Å². The molecule has 0 aliphatic carbocycles. The van der Waals surface area contributed by atoms with Crippen molar-refractivity contribution < 1.29 is 9.90 Å². The van der Waals surface area contributed by atoms with Crippen LogP contribution in [-0.4, -0.2) is 85.2 Å². The summed E-state index contributed by atoms with van der Waals surface area (Å²) in [6, 6.07) is 0.649. The Hall–Kier alpha value is -0.650. The van der Waals surface area contributed by atoms with Crippen molar-refractivity contribution in [1.82, 2.24) is 14.7 Å². The van der Waals surface area contributed by atoms with E-state index in [-0.39, 0.29) is 12.5 Å². The fraction of sp³-hybridized carbons (Fsp3) is 0.917. The van der Waals surface area contributed by atoms with E-state index < -0.39 is 5.97 Å². The van der Waals surface area contributed by atoms with Gasteiger partial charge in [-0.15, -0.1) is 0 Å². The van der Waals surface area contributed by atoms with Crippen LogP contribution in [0.5, 0.6) is 0 Å². The van der Waals surface area contributed by atoms with Gasteiger partial charge < -0.3 is 14.9 Å². The Morgan fingerprint density at radius 3 is 2.59 bits per heavy atom. The largest absolute Gasteiger partial charge is 0.481 e. The SMILES string of the molecule is CC1CN(C)C(CC(=O)O)CN1CCN(C)C. The number of piperazine rings is 1. The molecule has 0 radical (unpaired) electrons. The van der Waals surface area contributed by atoms with Crippen molar-refractivity contribution in [2.45, 2.75) is 25.4 Å². The van der Waals surface area contributed by atoms with E-state index >= 15 is 0 Å². The van der Waals surface area contributed by atoms with Crippen LogP contribution in [0.25, 0.3) is 0 Å². The summed E-state index contributed by atoms with van der Waals surface area (Å²) < 4.78 is 0. The molecule has 100 valence electrons. The van der Waals surface area contributed by atoms with Gasteiger partial charge in [-0.2, -0.15) is 0 Å². The van der Waals surface area contributed by atoms with Gasteiger partial charge in [0.05, 0.1) is 6.42 Å². The summed E-state index contributed by atoms with van der Waals surface area (Å²) in [6.07, 6.45) is 0.238. The van der Waals surface area contributed by atoms with Crippen molar-refractivity contribution in [3.05, 3.63) is 0 Å². The van der Waals surface area contributed by atoms with Crippen molar-refractivity contribution in [1.29, 1.82) is 0 Å². The normalized spacial score (nSPS) is 27.6. The third kappa shape index (κ3) is 4.61. The van der Waals surface area contributed by atoms with Gasteiger partial charge in [-0.25, -0.2) is 0 Å². The number of carbonyl (C=O) groups is 1. The van der Waals surface area contributed by atoms with Crippen LogP contribution in [0, 0.1) is 0 Å². The van der Waals surface area contributed by atoms with Gasteiger partial charge in [0.1, 0.15) is 0 Å². The van der Waals surface area contributed by atoms with Crippen LogP contribution >= 0.6 is 0 Å². The maximum Gasteiger partial charge on any atom is 0.304 e. The fourth-order valence-electron chi connectivity index (χ4n) is 2.33. The number of hydrogen-bond acceptors (Lipinski definition) is 4. The Kier molecular flexibility index (Phi) is 5.36. The van der Waals surface area contributed by atoms with Gasteiger partial charge in [0.15, 0.2) is 0 Å². The highest BCUT2D eigenvalue weighted by Crippen LogP contribution is 2.15. The Morgan fingerprint density at radius 2 is 2.06 bits per heavy atom. The first kappa shape index (κ1) is 14.4. The molecule has 5 heteroatoms. The molecule has 0 aromatic rings. The molecule has 0 bridgehead atoms. The van der Waals surface area contributed by atoms with E-state index in [0.29, 0.717) is 6.04 Å². The number of likely N-dealkylation sites (N-methyl/N-ethyl adjacent to an activating group) is 2. The Labute approximate surface area is 104 Å². The second-order valence-corrected chi connectivity index (χ2v) is 5.34. The Bertz CT molecular complexity index is 258. The molecular formula is C12H25N3O2. The van der Waals surface area contributed by atoms with Gasteiger partial charge in [-0.1, -0.05) is 0 Å². The molecule has 1 fully saturated rings. The molecule has 1 saturated heterocycles. The highest BCUT2D eigenvalue weighted by atomic mass is 16.4. The van der Waals surface area contributed by atoms with Gasteiger partial charge in [-0.3, -0.25) is 9.69 Å². The summed E-state index contributed by atoms with van der Waals surface area (Å²) in [4.78, 5) is 17.5. The Morgan fingerprint density at radius 1 is 1.41 bits per heavy atom. The predicted octanol–water partition coefficient (Wildman–Crippen LogP) is 0.0272. The first-order valence-electron chi connectivity index (χ1n) is 6.21. The highest BCUT2D eigenvalue weighted by Gasteiger charge is 2.30. The summed E-state index contributed by atoms with van der Waals surface area (Å²) in [5.41, 5.74) is 0. The third-order valence-corrected chi connectivity index (χ3v) is 3.49. The smallest absolute Gasteiger partial charge is 0.304 e. The summed E-state index contributed by atoms with van der Waals surface area (Å²) in [7, 11) is 6.15. The predicted molar refractivity (Wildman–Crippen MR) is 68.3 cm³/mol. The second kappa shape index (κ2) is 6.33. The lowest BCUT2D eigenvalue weighted by Crippen LogP contribution is -2.57. The van der Waals surface area contributed by atoms with Crippen molar-refractivity contribution in [3.63, 3.8) is 0 Å². The lowest BCUT2D eigenvalue weighted by atomic mass is 10.1. The molecule has 1 N–H and O–H groups in total. The van der Waals surface area contributed by atoms with E-state index in [1.54, 1.807) is 0 Å². The van der Waals surface area contributed by atoms with Crippen LogP contribution in [0.15, 0.2) is 0 Å². The van der Waals surface area contributed by atoms with Crippen molar-refractivity contribution in [2.75, 3.05) is 47.3 Å². The van der Waals surface area contributed by atoms with E-state index in [1.807, 2.05) is 7.05 Å². The molecule has 1 aliphatic rings. The number of aliphatic carboxylic acids is 1. The van der Waals surface area contributed by atoms with Crippen LogP contribution in [0.4, 0.5) is 0 Å². The molecule has 0 saturated carbocycles. The van der Waals surface area contributed by atoms with E-state index in [1.165, 1.54) is 0 Å². The second-order valence-electron chi connectivity index (χ2n) is 5.34. The van der Waals surface area contributed by atoms with Crippen molar-refractivity contribution in [2.24, 2.45) is 0 Å². The zero-order chi connectivity index (χ0) is 13.0. The van der Waals surface area contributed by atoms with E-state index in [9.17, 15) is 4.79 Å². The van der Waals surface area contributed by atoms with Gasteiger partial charge in [0.25, 0.3) is 0 Å². The van der Waals surface area contributed by atoms with E-state index in [0.717, 1.165) is 26.2 Å². The van der Waals surface area contributed by atoms with Crippen LogP contribution in [0.2, 0.25) is 0 Å². The van der Waals surface area contributed by atoms with Crippen molar-refractivity contribution in [3.8, 4) is 0 Å². The van der Waals surface area contributed by atoms with Gasteiger partial charge in [0.2, 0.25) is 0 Å². The summed E-state index contributed by atoms with van der Waals surface area (Å²) in [5.74, 6) is -0.705. The molecule has 5 nitrogen and oxygen atoms in total.